The molecule has 152 valence electrons. The molecule has 1 saturated carbocycles. The van der Waals surface area contributed by atoms with Crippen LogP contribution < -0.4 is 10.6 Å². The summed E-state index contributed by atoms with van der Waals surface area (Å²) in [6, 6.07) is 0. The molecule has 0 atom stereocenters. The van der Waals surface area contributed by atoms with Gasteiger partial charge in [-0.25, -0.2) is 8.42 Å². The standard InChI is InChI=1S/C18H36N4O3S/c1-16(2)14-18(6-4-5-7-18)15-21-17(19-3)20-8-13-26(23,24)22-9-11-25-12-10-22/h16H,4-15H2,1-3H3,(H2,19,20,21). The van der Waals surface area contributed by atoms with Crippen molar-refractivity contribution in [3.05, 3.63) is 0 Å². The van der Waals surface area contributed by atoms with Crippen molar-refractivity contribution in [2.45, 2.75) is 46.0 Å². The summed E-state index contributed by atoms with van der Waals surface area (Å²) in [5.41, 5.74) is 0.353. The minimum atomic E-state index is -3.24. The Bertz CT molecular complexity index is 551. The van der Waals surface area contributed by atoms with Gasteiger partial charge >= 0.3 is 0 Å². The van der Waals surface area contributed by atoms with Crippen molar-refractivity contribution in [2.24, 2.45) is 16.3 Å². The van der Waals surface area contributed by atoms with E-state index < -0.39 is 10.0 Å². The third-order valence-corrected chi connectivity index (χ3v) is 7.25. The lowest BCUT2D eigenvalue weighted by Crippen LogP contribution is -2.47. The molecule has 0 radical (unpaired) electrons. The maximum Gasteiger partial charge on any atom is 0.215 e. The van der Waals surface area contributed by atoms with Crippen LogP contribution in [0, 0.1) is 11.3 Å². The molecule has 2 fully saturated rings. The van der Waals surface area contributed by atoms with Gasteiger partial charge in [0.15, 0.2) is 5.96 Å². The molecule has 0 aromatic heterocycles. The molecule has 0 aromatic carbocycles. The monoisotopic (exact) mass is 388 g/mol. The number of sulfonamides is 1. The SMILES string of the molecule is CN=C(NCCS(=O)(=O)N1CCOCC1)NCC1(CC(C)C)CCCC1. The van der Waals surface area contributed by atoms with E-state index in [1.54, 1.807) is 7.05 Å². The number of aliphatic imine (C=N–C) groups is 1. The zero-order valence-corrected chi connectivity index (χ0v) is 17.4. The molecule has 0 bridgehead atoms. The van der Waals surface area contributed by atoms with E-state index in [0.717, 1.165) is 6.54 Å². The molecule has 7 nitrogen and oxygen atoms in total. The van der Waals surface area contributed by atoms with Gasteiger partial charge in [-0.2, -0.15) is 4.31 Å². The molecule has 8 heteroatoms. The summed E-state index contributed by atoms with van der Waals surface area (Å²) in [6.07, 6.45) is 6.36. The topological polar surface area (TPSA) is 83.0 Å². The van der Waals surface area contributed by atoms with Crippen LogP contribution in [0.3, 0.4) is 0 Å². The van der Waals surface area contributed by atoms with Crippen molar-refractivity contribution in [2.75, 3.05) is 52.2 Å². The van der Waals surface area contributed by atoms with Gasteiger partial charge in [-0.3, -0.25) is 4.99 Å². The number of ether oxygens (including phenoxy) is 1. The highest BCUT2D eigenvalue weighted by molar-refractivity contribution is 7.89. The molecular weight excluding hydrogens is 352 g/mol. The van der Waals surface area contributed by atoms with Gasteiger partial charge in [-0.15, -0.1) is 0 Å². The summed E-state index contributed by atoms with van der Waals surface area (Å²) >= 11 is 0. The zero-order chi connectivity index (χ0) is 19.0. The van der Waals surface area contributed by atoms with E-state index in [2.05, 4.69) is 29.5 Å². The van der Waals surface area contributed by atoms with Crippen molar-refractivity contribution in [3.63, 3.8) is 0 Å². The minimum absolute atomic E-state index is 0.0742. The predicted molar refractivity (Wildman–Crippen MR) is 106 cm³/mol. The lowest BCUT2D eigenvalue weighted by molar-refractivity contribution is 0.0730. The summed E-state index contributed by atoms with van der Waals surface area (Å²) in [4.78, 5) is 4.26. The average molecular weight is 389 g/mol. The van der Waals surface area contributed by atoms with Gasteiger partial charge in [0.25, 0.3) is 0 Å². The third kappa shape index (κ3) is 6.39. The smallest absolute Gasteiger partial charge is 0.215 e. The first-order valence-corrected chi connectivity index (χ1v) is 11.5. The van der Waals surface area contributed by atoms with Crippen LogP contribution in [0.4, 0.5) is 0 Å². The van der Waals surface area contributed by atoms with Gasteiger partial charge in [-0.05, 0) is 30.6 Å². The molecule has 2 N–H and O–H groups in total. The highest BCUT2D eigenvalue weighted by atomic mass is 32.2. The number of rotatable bonds is 8. The maximum absolute atomic E-state index is 12.4. The van der Waals surface area contributed by atoms with Gasteiger partial charge in [0.1, 0.15) is 0 Å². The molecule has 1 saturated heterocycles. The Labute approximate surface area is 159 Å². The average Bonchev–Trinajstić information content (AvgIpc) is 3.06. The number of hydrogen-bond donors (Lipinski definition) is 2. The molecule has 26 heavy (non-hydrogen) atoms. The van der Waals surface area contributed by atoms with Crippen LogP contribution in [-0.2, 0) is 14.8 Å². The summed E-state index contributed by atoms with van der Waals surface area (Å²) in [5.74, 6) is 1.45. The first-order valence-electron chi connectivity index (χ1n) is 9.87. The largest absolute Gasteiger partial charge is 0.379 e. The molecule has 1 aliphatic heterocycles. The molecule has 2 rings (SSSR count). The van der Waals surface area contributed by atoms with Gasteiger partial charge < -0.3 is 15.4 Å². The lowest BCUT2D eigenvalue weighted by atomic mass is 9.78. The Hall–Kier alpha value is -0.860. The van der Waals surface area contributed by atoms with Crippen molar-refractivity contribution in [1.29, 1.82) is 0 Å². The number of nitrogens with zero attached hydrogens (tertiary/aromatic N) is 2. The second-order valence-corrected chi connectivity index (χ2v) is 10.1. The molecule has 0 aromatic rings. The lowest BCUT2D eigenvalue weighted by Gasteiger charge is -2.32. The van der Waals surface area contributed by atoms with E-state index >= 15 is 0 Å². The van der Waals surface area contributed by atoms with Crippen LogP contribution in [0.5, 0.6) is 0 Å². The zero-order valence-electron chi connectivity index (χ0n) is 16.6. The highest BCUT2D eigenvalue weighted by Gasteiger charge is 2.34. The Morgan fingerprint density at radius 1 is 1.19 bits per heavy atom. The predicted octanol–water partition coefficient (Wildman–Crippen LogP) is 1.42. The fraction of sp³-hybridized carbons (Fsp3) is 0.944. The number of nitrogens with one attached hydrogen (secondary N) is 2. The van der Waals surface area contributed by atoms with Crippen LogP contribution >= 0.6 is 0 Å². The Morgan fingerprint density at radius 3 is 2.42 bits per heavy atom. The van der Waals surface area contributed by atoms with Gasteiger partial charge in [0.05, 0.1) is 19.0 Å². The third-order valence-electron chi connectivity index (χ3n) is 5.38. The second-order valence-electron chi connectivity index (χ2n) is 7.99. The van der Waals surface area contributed by atoms with Crippen molar-refractivity contribution < 1.29 is 13.2 Å². The summed E-state index contributed by atoms with van der Waals surface area (Å²) in [7, 11) is -1.51. The van der Waals surface area contributed by atoms with Gasteiger partial charge in [0, 0.05) is 33.2 Å². The Morgan fingerprint density at radius 2 is 1.85 bits per heavy atom. The Kier molecular flexibility index (Phi) is 8.16. The van der Waals surface area contributed by atoms with Crippen LogP contribution in [0.15, 0.2) is 4.99 Å². The molecule has 0 spiro atoms. The summed E-state index contributed by atoms with van der Waals surface area (Å²) < 4.78 is 31.5. The van der Waals surface area contributed by atoms with E-state index in [1.807, 2.05) is 0 Å². The quantitative estimate of drug-likeness (QED) is 0.485. The van der Waals surface area contributed by atoms with E-state index in [-0.39, 0.29) is 5.75 Å². The Balaban J connectivity index is 1.78. The molecule has 1 heterocycles. The highest BCUT2D eigenvalue weighted by Crippen LogP contribution is 2.42. The number of guanidine groups is 1. The van der Waals surface area contributed by atoms with E-state index in [1.165, 1.54) is 36.4 Å². The first-order chi connectivity index (χ1) is 12.4. The van der Waals surface area contributed by atoms with Crippen molar-refractivity contribution >= 4 is 16.0 Å². The minimum Gasteiger partial charge on any atom is -0.379 e. The van der Waals surface area contributed by atoms with Gasteiger partial charge in [0.2, 0.25) is 10.0 Å². The molecule has 1 aliphatic carbocycles. The van der Waals surface area contributed by atoms with Crippen LogP contribution in [0.2, 0.25) is 0 Å². The van der Waals surface area contributed by atoms with Crippen molar-refractivity contribution in [1.82, 2.24) is 14.9 Å². The van der Waals surface area contributed by atoms with Crippen LogP contribution in [0.25, 0.3) is 0 Å². The normalized spacial score (nSPS) is 21.9. The van der Waals surface area contributed by atoms with E-state index in [9.17, 15) is 8.42 Å². The molecular formula is C18H36N4O3S. The van der Waals surface area contributed by atoms with E-state index in [4.69, 9.17) is 4.74 Å². The van der Waals surface area contributed by atoms with E-state index in [0.29, 0.717) is 50.1 Å². The molecule has 0 amide bonds. The van der Waals surface area contributed by atoms with Crippen molar-refractivity contribution in [3.8, 4) is 0 Å². The fourth-order valence-electron chi connectivity index (χ4n) is 4.19. The van der Waals surface area contributed by atoms with Crippen LogP contribution in [-0.4, -0.2) is 70.9 Å². The number of hydrogen-bond acceptors (Lipinski definition) is 4. The summed E-state index contributed by atoms with van der Waals surface area (Å²) in [6.45, 7) is 7.69. The number of morpholine rings is 1. The summed E-state index contributed by atoms with van der Waals surface area (Å²) in [5, 5.41) is 6.59. The molecule has 2 aliphatic rings. The first kappa shape index (κ1) is 21.4. The second kappa shape index (κ2) is 9.90. The van der Waals surface area contributed by atoms with Gasteiger partial charge in [-0.1, -0.05) is 26.7 Å². The maximum atomic E-state index is 12.4. The van der Waals surface area contributed by atoms with Crippen LogP contribution in [0.1, 0.15) is 46.0 Å². The molecule has 0 unspecified atom stereocenters. The fourth-order valence-corrected chi connectivity index (χ4v) is 5.51.